The first-order valence-corrected chi connectivity index (χ1v) is 21.2. The molecule has 4 saturated carbocycles. The first-order chi connectivity index (χ1) is 16.9. The number of fused-ring (bicyclic) bond motifs is 5. The van der Waals surface area contributed by atoms with E-state index in [1.54, 1.807) is 14.2 Å². The second kappa shape index (κ2) is 10.8. The van der Waals surface area contributed by atoms with Gasteiger partial charge in [0, 0.05) is 17.9 Å². The maximum Gasteiger partial charge on any atom is 0.184 e. The zero-order chi connectivity index (χ0) is 26.3. The topological polar surface area (TPSA) is 61.6 Å². The lowest BCUT2D eigenvalue weighted by Gasteiger charge is -2.56. The van der Waals surface area contributed by atoms with Gasteiger partial charge in [0.25, 0.3) is 0 Å². The average Bonchev–Trinajstić information content (AvgIpc) is 3.11. The Bertz CT molecular complexity index is 836. The smallest absolute Gasteiger partial charge is 0.184 e. The molecule has 0 saturated heterocycles. The molecule has 0 aromatic rings. The van der Waals surface area contributed by atoms with E-state index in [-0.39, 0.29) is 5.41 Å². The highest BCUT2D eigenvalue weighted by Crippen LogP contribution is 2.63. The van der Waals surface area contributed by atoms with Crippen molar-refractivity contribution < 1.29 is 18.5 Å². The van der Waals surface area contributed by atoms with Gasteiger partial charge < -0.3 is 18.5 Å². The molecule has 0 aliphatic heterocycles. The highest BCUT2D eigenvalue weighted by Gasteiger charge is 2.60. The lowest BCUT2D eigenvalue weighted by Crippen LogP contribution is -2.54. The molecule has 8 heteroatoms. The Morgan fingerprint density at radius 1 is 0.889 bits per heavy atom. The van der Waals surface area contributed by atoms with Crippen molar-refractivity contribution in [3.63, 3.8) is 0 Å². The zero-order valence-electron chi connectivity index (χ0n) is 24.4. The summed E-state index contributed by atoms with van der Waals surface area (Å²) in [5.41, 5.74) is 2.54. The molecule has 4 rings (SSSR count). The molecule has 206 valence electrons. The summed E-state index contributed by atoms with van der Waals surface area (Å²) < 4.78 is 12.9. The molecule has 4 fully saturated rings. The molecule has 0 aromatic heterocycles. The second-order valence-electron chi connectivity index (χ2n) is 14.2. The Morgan fingerprint density at radius 3 is 2.25 bits per heavy atom. The highest BCUT2D eigenvalue weighted by atomic mass is 28.4. The summed E-state index contributed by atoms with van der Waals surface area (Å²) in [4.78, 5) is 10.9. The van der Waals surface area contributed by atoms with E-state index in [1.807, 2.05) is 0 Å². The Hall–Kier alpha value is -0.706. The Morgan fingerprint density at radius 2 is 1.61 bits per heavy atom. The predicted octanol–water partition coefficient (Wildman–Crippen LogP) is 6.94. The van der Waals surface area contributed by atoms with Gasteiger partial charge in [0.05, 0.1) is 18.0 Å². The van der Waals surface area contributed by atoms with Crippen LogP contribution in [0.25, 0.3) is 0 Å². The average molecular weight is 537 g/mol. The van der Waals surface area contributed by atoms with Gasteiger partial charge in [-0.3, -0.25) is 0 Å². The third-order valence-corrected chi connectivity index (χ3v) is 11.7. The Labute approximate surface area is 222 Å². The van der Waals surface area contributed by atoms with Gasteiger partial charge in [-0.05, 0) is 120 Å². The quantitative estimate of drug-likeness (QED) is 0.191. The normalized spacial score (nSPS) is 40.4. The van der Waals surface area contributed by atoms with Crippen LogP contribution in [0.4, 0.5) is 0 Å². The summed E-state index contributed by atoms with van der Waals surface area (Å²) in [5.74, 6) is 3.83. The molecule has 0 N–H and O–H groups in total. The third kappa shape index (κ3) is 5.97. The van der Waals surface area contributed by atoms with Gasteiger partial charge >= 0.3 is 0 Å². The van der Waals surface area contributed by atoms with Crippen LogP contribution in [0.3, 0.4) is 0 Å². The van der Waals surface area contributed by atoms with Crippen LogP contribution in [-0.4, -0.2) is 55.0 Å². The van der Waals surface area contributed by atoms with Crippen LogP contribution in [0.1, 0.15) is 58.3 Å². The molecule has 0 amide bonds. The largest absolute Gasteiger partial charge is 0.415 e. The number of oxime groups is 2. The second-order valence-corrected chi connectivity index (χ2v) is 23.2. The maximum atomic E-state index is 6.58. The molecule has 0 spiro atoms. The third-order valence-electron chi connectivity index (χ3n) is 9.65. The van der Waals surface area contributed by atoms with E-state index in [2.05, 4.69) is 51.4 Å². The van der Waals surface area contributed by atoms with E-state index < -0.39 is 16.6 Å². The number of hydrogen-bond donors (Lipinski definition) is 0. The van der Waals surface area contributed by atoms with E-state index in [9.17, 15) is 0 Å². The molecule has 36 heavy (non-hydrogen) atoms. The van der Waals surface area contributed by atoms with E-state index in [4.69, 9.17) is 23.7 Å². The van der Waals surface area contributed by atoms with Crippen molar-refractivity contribution in [3.05, 3.63) is 0 Å². The molecule has 0 heterocycles. The minimum atomic E-state index is -1.65. The van der Waals surface area contributed by atoms with Crippen LogP contribution >= 0.6 is 0 Å². The first kappa shape index (κ1) is 28.3. The van der Waals surface area contributed by atoms with Crippen molar-refractivity contribution in [1.82, 2.24) is 0 Å². The van der Waals surface area contributed by atoms with Gasteiger partial charge in [-0.25, -0.2) is 0 Å². The lowest BCUT2D eigenvalue weighted by atomic mass is 9.49. The summed E-state index contributed by atoms with van der Waals surface area (Å²) in [5, 5.41) is 9.32. The molecule has 4 unspecified atom stereocenters. The van der Waals surface area contributed by atoms with Crippen LogP contribution < -0.4 is 0 Å². The fourth-order valence-electron chi connectivity index (χ4n) is 8.59. The minimum Gasteiger partial charge on any atom is -0.415 e. The summed E-state index contributed by atoms with van der Waals surface area (Å²) >= 11 is 0. The summed E-state index contributed by atoms with van der Waals surface area (Å²) in [6, 6.07) is 0. The zero-order valence-corrected chi connectivity index (χ0v) is 26.4. The molecule has 0 aromatic carbocycles. The standard InChI is InChI=1S/C28H52N2O4Si2/c1-28-17-25(29-31-2)27-21-13-11-20(34-36(7,8)9)16-19(21)10-12-22(27)23(28)14-15-24(28)26(30-32-3)18-33-35(4,5)6/h19-24,27H,10-18H2,1-9H3/b29-25+,30-26+/t19-,20+,21?,22?,23?,24+,27?,28-/m0/s1. The van der Waals surface area contributed by atoms with Crippen molar-refractivity contribution in [1.29, 1.82) is 0 Å². The van der Waals surface area contributed by atoms with E-state index >= 15 is 0 Å². The van der Waals surface area contributed by atoms with Crippen molar-refractivity contribution in [2.24, 2.45) is 51.2 Å². The monoisotopic (exact) mass is 536 g/mol. The van der Waals surface area contributed by atoms with E-state index in [1.165, 1.54) is 50.7 Å². The van der Waals surface area contributed by atoms with Gasteiger partial charge in [-0.2, -0.15) is 0 Å². The van der Waals surface area contributed by atoms with Crippen LogP contribution in [0.15, 0.2) is 10.3 Å². The molecule has 0 bridgehead atoms. The first-order valence-electron chi connectivity index (χ1n) is 14.4. The summed E-state index contributed by atoms with van der Waals surface area (Å²) in [6.07, 6.45) is 10.3. The molecule has 4 aliphatic rings. The Balaban J connectivity index is 1.57. The van der Waals surface area contributed by atoms with Crippen LogP contribution in [-0.2, 0) is 18.5 Å². The van der Waals surface area contributed by atoms with Crippen molar-refractivity contribution >= 4 is 28.1 Å². The van der Waals surface area contributed by atoms with Gasteiger partial charge in [-0.1, -0.05) is 17.2 Å². The van der Waals surface area contributed by atoms with E-state index in [0.29, 0.717) is 36.4 Å². The van der Waals surface area contributed by atoms with Crippen LogP contribution in [0.2, 0.25) is 39.3 Å². The fourth-order valence-corrected chi connectivity index (χ4v) is 10.4. The molecule has 4 aliphatic carbocycles. The number of nitrogens with zero attached hydrogens (tertiary/aromatic N) is 2. The highest BCUT2D eigenvalue weighted by molar-refractivity contribution is 6.70. The van der Waals surface area contributed by atoms with Gasteiger partial charge in [0.1, 0.15) is 14.2 Å². The van der Waals surface area contributed by atoms with Crippen LogP contribution in [0.5, 0.6) is 0 Å². The van der Waals surface area contributed by atoms with Crippen LogP contribution in [0, 0.1) is 40.9 Å². The molecule has 0 radical (unpaired) electrons. The minimum absolute atomic E-state index is 0.129. The van der Waals surface area contributed by atoms with Gasteiger partial charge in [-0.15, -0.1) is 0 Å². The Kier molecular flexibility index (Phi) is 8.50. The van der Waals surface area contributed by atoms with E-state index in [0.717, 1.165) is 24.0 Å². The maximum absolute atomic E-state index is 6.58. The predicted molar refractivity (Wildman–Crippen MR) is 152 cm³/mol. The molecular formula is C28H52N2O4Si2. The van der Waals surface area contributed by atoms with Gasteiger partial charge in [0.15, 0.2) is 16.6 Å². The molecule has 8 atom stereocenters. The molecule has 6 nitrogen and oxygen atoms in total. The summed E-state index contributed by atoms with van der Waals surface area (Å²) in [7, 11) is 0.234. The lowest BCUT2D eigenvalue weighted by molar-refractivity contribution is -0.0240. The van der Waals surface area contributed by atoms with Crippen molar-refractivity contribution in [2.75, 3.05) is 20.8 Å². The fraction of sp³-hybridized carbons (Fsp3) is 0.929. The van der Waals surface area contributed by atoms with Gasteiger partial charge in [0.2, 0.25) is 0 Å². The number of hydrogen-bond acceptors (Lipinski definition) is 6. The molecular weight excluding hydrogens is 484 g/mol. The van der Waals surface area contributed by atoms with Crippen molar-refractivity contribution in [3.8, 4) is 0 Å². The summed E-state index contributed by atoms with van der Waals surface area (Å²) in [6.45, 7) is 16.8. The SMILES string of the molecule is CO/N=C(\CO[Si](C)(C)C)[C@H]1CCC2C3CC[C@H]4C[C@H](O[Si](C)(C)C)CCC4C3/C(=N/OC)C[C@@]21C. The number of rotatable bonds is 8. The van der Waals surface area contributed by atoms with Crippen molar-refractivity contribution in [2.45, 2.75) is 104 Å².